The van der Waals surface area contributed by atoms with Crippen LogP contribution >= 0.6 is 0 Å². The van der Waals surface area contributed by atoms with Gasteiger partial charge in [0.1, 0.15) is 5.75 Å². The number of hydrogen-bond donors (Lipinski definition) is 0. The van der Waals surface area contributed by atoms with Gasteiger partial charge in [0.05, 0.1) is 0 Å². The molecule has 0 saturated heterocycles. The van der Waals surface area contributed by atoms with Crippen molar-refractivity contribution in [3.63, 3.8) is 0 Å². The highest BCUT2D eigenvalue weighted by atomic mass is 32.2. The molecule has 4 nitrogen and oxygen atoms in total. The number of benzene rings is 2. The van der Waals surface area contributed by atoms with E-state index in [0.29, 0.717) is 5.56 Å². The van der Waals surface area contributed by atoms with E-state index < -0.39 is 21.4 Å². The van der Waals surface area contributed by atoms with Gasteiger partial charge in [0.15, 0.2) is 5.78 Å². The Morgan fingerprint density at radius 3 is 2.00 bits per heavy atom. The molecule has 0 aliphatic rings. The summed E-state index contributed by atoms with van der Waals surface area (Å²) in [5.74, 6) is -0.752. The third-order valence-electron chi connectivity index (χ3n) is 3.48. The molecule has 25 heavy (non-hydrogen) atoms. The molecule has 0 radical (unpaired) electrons. The van der Waals surface area contributed by atoms with Crippen LogP contribution in [-0.2, 0) is 10.1 Å². The summed E-state index contributed by atoms with van der Waals surface area (Å²) in [5.41, 5.74) is -3.75. The molecule has 0 fully saturated rings. The zero-order chi connectivity index (χ0) is 19.0. The van der Waals surface area contributed by atoms with Crippen molar-refractivity contribution in [2.75, 3.05) is 0 Å². The number of rotatable bonds is 4. The van der Waals surface area contributed by atoms with Crippen molar-refractivity contribution in [1.29, 1.82) is 0 Å². The monoisotopic (exact) mass is 372 g/mol. The van der Waals surface area contributed by atoms with Crippen LogP contribution in [0.4, 0.5) is 13.2 Å². The second kappa shape index (κ2) is 6.51. The molecule has 0 aliphatic carbocycles. The van der Waals surface area contributed by atoms with Gasteiger partial charge in [0.25, 0.3) is 0 Å². The molecule has 0 unspecified atom stereocenters. The Morgan fingerprint density at radius 2 is 1.52 bits per heavy atom. The molecule has 0 bridgehead atoms. The first-order valence-corrected chi connectivity index (χ1v) is 8.56. The van der Waals surface area contributed by atoms with Crippen molar-refractivity contribution in [2.45, 2.75) is 26.3 Å². The average Bonchev–Trinajstić information content (AvgIpc) is 2.49. The first kappa shape index (κ1) is 19.0. The number of hydrogen-bond acceptors (Lipinski definition) is 4. The van der Waals surface area contributed by atoms with E-state index in [-0.39, 0.29) is 22.5 Å². The molecule has 0 saturated carbocycles. The fourth-order valence-corrected chi connectivity index (χ4v) is 2.90. The van der Waals surface area contributed by atoms with E-state index in [9.17, 15) is 26.4 Å². The minimum absolute atomic E-state index is 0.115. The summed E-state index contributed by atoms with van der Waals surface area (Å²) in [7, 11) is -5.77. The van der Waals surface area contributed by atoms with E-state index in [4.69, 9.17) is 0 Å². The van der Waals surface area contributed by atoms with Crippen molar-refractivity contribution in [3.8, 4) is 5.75 Å². The largest absolute Gasteiger partial charge is 0.534 e. The molecule has 0 atom stereocenters. The summed E-state index contributed by atoms with van der Waals surface area (Å²) < 4.78 is 64.0. The van der Waals surface area contributed by atoms with Crippen molar-refractivity contribution >= 4 is 15.9 Å². The zero-order valence-electron chi connectivity index (χ0n) is 13.6. The van der Waals surface area contributed by atoms with Gasteiger partial charge < -0.3 is 4.18 Å². The lowest BCUT2D eigenvalue weighted by atomic mass is 9.98. The van der Waals surface area contributed by atoms with Gasteiger partial charge in [-0.05, 0) is 50.1 Å². The molecule has 0 amide bonds. The molecular weight excluding hydrogens is 357 g/mol. The maximum absolute atomic E-state index is 12.5. The molecule has 2 aromatic rings. The average molecular weight is 372 g/mol. The van der Waals surface area contributed by atoms with Gasteiger partial charge in [-0.15, -0.1) is 0 Å². The van der Waals surface area contributed by atoms with Crippen molar-refractivity contribution in [3.05, 3.63) is 64.2 Å². The third-order valence-corrected chi connectivity index (χ3v) is 4.43. The van der Waals surface area contributed by atoms with Crippen LogP contribution in [0, 0.1) is 20.8 Å². The van der Waals surface area contributed by atoms with Crippen LogP contribution in [0.2, 0.25) is 0 Å². The first-order chi connectivity index (χ1) is 11.4. The maximum Gasteiger partial charge on any atom is 0.534 e. The Balaban J connectivity index is 2.43. The SMILES string of the molecule is Cc1cccc(C(=O)c2cc(C)c(OS(=O)(=O)C(F)(F)F)c(C)c2)c1. The van der Waals surface area contributed by atoms with Crippen LogP contribution in [0.1, 0.15) is 32.6 Å². The number of carbonyl (C=O) groups is 1. The summed E-state index contributed by atoms with van der Waals surface area (Å²) in [6.07, 6.45) is 0. The van der Waals surface area contributed by atoms with Crippen LogP contribution in [0.5, 0.6) is 5.75 Å². The third kappa shape index (κ3) is 4.01. The van der Waals surface area contributed by atoms with E-state index >= 15 is 0 Å². The Hall–Kier alpha value is -2.35. The van der Waals surface area contributed by atoms with Crippen molar-refractivity contribution in [2.24, 2.45) is 0 Å². The van der Waals surface area contributed by atoms with E-state index in [1.807, 2.05) is 13.0 Å². The van der Waals surface area contributed by atoms with E-state index in [1.165, 1.54) is 26.0 Å². The van der Waals surface area contributed by atoms with Crippen LogP contribution in [0.15, 0.2) is 36.4 Å². The lowest BCUT2D eigenvalue weighted by Gasteiger charge is -2.15. The summed E-state index contributed by atoms with van der Waals surface area (Å²) in [5, 5.41) is 0. The fourth-order valence-electron chi connectivity index (χ4n) is 2.32. The smallest absolute Gasteiger partial charge is 0.375 e. The Kier molecular flexibility index (Phi) is 4.94. The molecule has 0 heterocycles. The molecule has 0 aliphatic heterocycles. The van der Waals surface area contributed by atoms with Gasteiger partial charge >= 0.3 is 15.6 Å². The lowest BCUT2D eigenvalue weighted by molar-refractivity contribution is -0.0500. The minimum atomic E-state index is -5.77. The van der Waals surface area contributed by atoms with Gasteiger partial charge in [0, 0.05) is 11.1 Å². The van der Waals surface area contributed by atoms with Gasteiger partial charge in [-0.2, -0.15) is 21.6 Å². The summed E-state index contributed by atoms with van der Waals surface area (Å²) in [6.45, 7) is 4.58. The minimum Gasteiger partial charge on any atom is -0.375 e. The van der Waals surface area contributed by atoms with Crippen molar-refractivity contribution < 1.29 is 30.6 Å². The van der Waals surface area contributed by atoms with Crippen molar-refractivity contribution in [1.82, 2.24) is 0 Å². The van der Waals surface area contributed by atoms with Crippen LogP contribution < -0.4 is 4.18 Å². The zero-order valence-corrected chi connectivity index (χ0v) is 14.5. The standard InChI is InChI=1S/C17H15F3O4S/c1-10-5-4-6-13(7-10)15(21)14-8-11(2)16(12(3)9-14)24-25(22,23)17(18,19)20/h4-9H,1-3H3. The molecule has 2 aromatic carbocycles. The maximum atomic E-state index is 12.5. The quantitative estimate of drug-likeness (QED) is 0.461. The highest BCUT2D eigenvalue weighted by molar-refractivity contribution is 7.88. The molecule has 0 N–H and O–H groups in total. The highest BCUT2D eigenvalue weighted by Crippen LogP contribution is 2.32. The molecule has 0 aromatic heterocycles. The van der Waals surface area contributed by atoms with Gasteiger partial charge in [-0.3, -0.25) is 4.79 Å². The second-order valence-corrected chi connectivity index (χ2v) is 7.16. The number of ketones is 1. The van der Waals surface area contributed by atoms with Gasteiger partial charge in [-0.1, -0.05) is 23.8 Å². The van der Waals surface area contributed by atoms with Crippen LogP contribution in [-0.4, -0.2) is 19.7 Å². The van der Waals surface area contributed by atoms with Gasteiger partial charge in [-0.25, -0.2) is 0 Å². The Labute approximate surface area is 143 Å². The normalized spacial score (nSPS) is 12.1. The number of alkyl halides is 3. The Morgan fingerprint density at radius 1 is 0.960 bits per heavy atom. The van der Waals surface area contributed by atoms with E-state index in [2.05, 4.69) is 4.18 Å². The number of aryl methyl sites for hydroxylation is 3. The summed E-state index contributed by atoms with van der Waals surface area (Å²) in [4.78, 5) is 12.5. The number of halogens is 3. The van der Waals surface area contributed by atoms with E-state index in [0.717, 1.165) is 5.56 Å². The highest BCUT2D eigenvalue weighted by Gasteiger charge is 2.48. The predicted octanol–water partition coefficient (Wildman–Crippen LogP) is 4.07. The second-order valence-electron chi connectivity index (χ2n) is 5.62. The first-order valence-electron chi connectivity index (χ1n) is 7.16. The number of carbonyl (C=O) groups excluding carboxylic acids is 1. The molecule has 134 valence electrons. The van der Waals surface area contributed by atoms with Crippen LogP contribution in [0.25, 0.3) is 0 Å². The molecule has 8 heteroatoms. The predicted molar refractivity (Wildman–Crippen MR) is 86.1 cm³/mol. The van der Waals surface area contributed by atoms with E-state index in [1.54, 1.807) is 18.2 Å². The fraction of sp³-hybridized carbons (Fsp3) is 0.235. The summed E-state index contributed by atoms with van der Waals surface area (Å²) in [6, 6.07) is 9.46. The summed E-state index contributed by atoms with van der Waals surface area (Å²) >= 11 is 0. The molecular formula is C17H15F3O4S. The molecule has 0 spiro atoms. The van der Waals surface area contributed by atoms with Crippen LogP contribution in [0.3, 0.4) is 0 Å². The lowest BCUT2D eigenvalue weighted by Crippen LogP contribution is -2.28. The Bertz CT molecular complexity index is 908. The molecule has 2 rings (SSSR count). The topological polar surface area (TPSA) is 60.4 Å². The van der Waals surface area contributed by atoms with Gasteiger partial charge in [0.2, 0.25) is 0 Å².